The molecule has 28 heavy (non-hydrogen) atoms. The topological polar surface area (TPSA) is 130 Å². The summed E-state index contributed by atoms with van der Waals surface area (Å²) in [4.78, 5) is 39.5. The highest BCUT2D eigenvalue weighted by molar-refractivity contribution is 6.37. The Balaban J connectivity index is 1.84. The Morgan fingerprint density at radius 1 is 1.21 bits per heavy atom. The lowest BCUT2D eigenvalue weighted by atomic mass is 10.1. The molecule has 3 aromatic rings. The maximum Gasteiger partial charge on any atom is 0.439 e. The molecule has 0 unspecified atom stereocenters. The standard InChI is InChI=1S/C17H14Cl2N4O5/c1-7(2)10-5-9(6-20-15(10)24)27-13-11(18)3-8(4-12(13)19)21-16(25)14-22-17(26)28-23-14/h3-7H,1-2H3,(H,20,24)(H,21,25)(H,22,23,26). The summed E-state index contributed by atoms with van der Waals surface area (Å²) in [6.07, 6.45) is 1.40. The fourth-order valence-corrected chi connectivity index (χ4v) is 2.90. The van der Waals surface area contributed by atoms with Crippen LogP contribution in [0.15, 0.2) is 38.5 Å². The third kappa shape index (κ3) is 4.26. The minimum absolute atomic E-state index is 0.00111. The zero-order chi connectivity index (χ0) is 20.4. The predicted molar refractivity (Wildman–Crippen MR) is 103 cm³/mol. The zero-order valence-electron chi connectivity index (χ0n) is 14.6. The van der Waals surface area contributed by atoms with Gasteiger partial charge in [0, 0.05) is 17.4 Å². The van der Waals surface area contributed by atoms with E-state index in [0.29, 0.717) is 11.3 Å². The van der Waals surface area contributed by atoms with E-state index in [1.54, 1.807) is 6.07 Å². The number of anilines is 1. The number of aromatic amines is 2. The van der Waals surface area contributed by atoms with Gasteiger partial charge in [-0.05, 0) is 29.3 Å². The number of hydrogen-bond acceptors (Lipinski definition) is 6. The first-order chi connectivity index (χ1) is 13.2. The molecule has 0 atom stereocenters. The highest BCUT2D eigenvalue weighted by Gasteiger charge is 2.16. The second kappa shape index (κ2) is 7.91. The maximum atomic E-state index is 12.0. The molecule has 0 aliphatic heterocycles. The monoisotopic (exact) mass is 424 g/mol. The van der Waals surface area contributed by atoms with E-state index in [4.69, 9.17) is 27.9 Å². The van der Waals surface area contributed by atoms with Crippen molar-refractivity contribution in [2.45, 2.75) is 19.8 Å². The molecule has 0 spiro atoms. The van der Waals surface area contributed by atoms with Crippen LogP contribution in [0.25, 0.3) is 0 Å². The van der Waals surface area contributed by atoms with Crippen molar-refractivity contribution in [1.82, 2.24) is 15.1 Å². The lowest BCUT2D eigenvalue weighted by Crippen LogP contribution is -2.15. The van der Waals surface area contributed by atoms with Gasteiger partial charge in [-0.25, -0.2) is 4.79 Å². The average molecular weight is 425 g/mol. The fraction of sp³-hybridized carbons (Fsp3) is 0.176. The van der Waals surface area contributed by atoms with E-state index in [-0.39, 0.29) is 38.8 Å². The van der Waals surface area contributed by atoms with Crippen molar-refractivity contribution in [1.29, 1.82) is 0 Å². The summed E-state index contributed by atoms with van der Waals surface area (Å²) in [7, 11) is 0. The van der Waals surface area contributed by atoms with Gasteiger partial charge in [0.05, 0.1) is 10.0 Å². The Morgan fingerprint density at radius 2 is 1.89 bits per heavy atom. The molecule has 9 nitrogen and oxygen atoms in total. The van der Waals surface area contributed by atoms with E-state index >= 15 is 0 Å². The Kier molecular flexibility index (Phi) is 5.57. The van der Waals surface area contributed by atoms with Crippen LogP contribution in [0.3, 0.4) is 0 Å². The number of carbonyl (C=O) groups excluding carboxylic acids is 1. The SMILES string of the molecule is CC(C)c1cc(Oc2c(Cl)cc(NC(=O)c3noc(=O)[nH]3)cc2Cl)c[nH]c1=O. The molecule has 3 rings (SSSR count). The lowest BCUT2D eigenvalue weighted by Gasteiger charge is -2.13. The first-order valence-electron chi connectivity index (χ1n) is 8.01. The smallest absolute Gasteiger partial charge is 0.439 e. The molecule has 0 aliphatic carbocycles. The molecule has 0 bridgehead atoms. The molecule has 146 valence electrons. The Hall–Kier alpha value is -3.04. The van der Waals surface area contributed by atoms with E-state index in [9.17, 15) is 14.4 Å². The molecule has 3 N–H and O–H groups in total. The summed E-state index contributed by atoms with van der Waals surface area (Å²) in [5, 5.41) is 6.00. The number of amides is 1. The van der Waals surface area contributed by atoms with Crippen LogP contribution in [0.1, 0.15) is 35.9 Å². The summed E-state index contributed by atoms with van der Waals surface area (Å²) in [6.45, 7) is 3.77. The van der Waals surface area contributed by atoms with Crippen LogP contribution in [0, 0.1) is 0 Å². The normalized spacial score (nSPS) is 10.9. The molecule has 0 saturated carbocycles. The summed E-state index contributed by atoms with van der Waals surface area (Å²) in [5.41, 5.74) is 0.597. The number of pyridine rings is 1. The Bertz CT molecular complexity index is 1130. The number of benzene rings is 1. The number of H-pyrrole nitrogens is 2. The first-order valence-corrected chi connectivity index (χ1v) is 8.77. The quantitative estimate of drug-likeness (QED) is 0.574. The van der Waals surface area contributed by atoms with Gasteiger partial charge in [0.1, 0.15) is 5.75 Å². The van der Waals surface area contributed by atoms with Gasteiger partial charge in [-0.1, -0.05) is 37.0 Å². The predicted octanol–water partition coefficient (Wildman–Crippen LogP) is 3.53. The molecule has 1 amide bonds. The van der Waals surface area contributed by atoms with E-state index in [1.165, 1.54) is 18.3 Å². The lowest BCUT2D eigenvalue weighted by molar-refractivity contribution is 0.101. The van der Waals surface area contributed by atoms with Crippen LogP contribution in [-0.4, -0.2) is 21.0 Å². The average Bonchev–Trinajstić information content (AvgIpc) is 3.06. The molecule has 2 heterocycles. The number of ether oxygens (including phenoxy) is 1. The third-order valence-corrected chi connectivity index (χ3v) is 4.22. The van der Waals surface area contributed by atoms with Crippen molar-refractivity contribution < 1.29 is 14.1 Å². The van der Waals surface area contributed by atoms with Crippen LogP contribution >= 0.6 is 23.2 Å². The molecule has 2 aromatic heterocycles. The van der Waals surface area contributed by atoms with Crippen molar-refractivity contribution in [3.05, 3.63) is 66.7 Å². The second-order valence-corrected chi connectivity index (χ2v) is 6.86. The van der Waals surface area contributed by atoms with Crippen molar-refractivity contribution in [2.24, 2.45) is 0 Å². The largest absolute Gasteiger partial charge is 0.453 e. The van der Waals surface area contributed by atoms with Gasteiger partial charge in [-0.2, -0.15) is 0 Å². The molecule has 0 radical (unpaired) electrons. The number of carbonyl (C=O) groups is 1. The molecule has 1 aromatic carbocycles. The molecule has 0 saturated heterocycles. The minimum Gasteiger partial charge on any atom is -0.453 e. The van der Waals surface area contributed by atoms with Gasteiger partial charge in [0.15, 0.2) is 5.75 Å². The number of halogens is 2. The number of hydrogen-bond donors (Lipinski definition) is 3. The van der Waals surface area contributed by atoms with Crippen LogP contribution < -0.4 is 21.4 Å². The van der Waals surface area contributed by atoms with Crippen molar-refractivity contribution in [2.75, 3.05) is 5.32 Å². The van der Waals surface area contributed by atoms with Crippen LogP contribution in [0.4, 0.5) is 5.69 Å². The summed E-state index contributed by atoms with van der Waals surface area (Å²) in [5.74, 6) is -1.37. The summed E-state index contributed by atoms with van der Waals surface area (Å²) >= 11 is 12.5. The van der Waals surface area contributed by atoms with Gasteiger partial charge < -0.3 is 15.0 Å². The number of nitrogens with one attached hydrogen (secondary N) is 3. The second-order valence-electron chi connectivity index (χ2n) is 6.04. The highest BCUT2D eigenvalue weighted by atomic mass is 35.5. The van der Waals surface area contributed by atoms with Crippen LogP contribution in [0.5, 0.6) is 11.5 Å². The van der Waals surface area contributed by atoms with E-state index < -0.39 is 11.7 Å². The van der Waals surface area contributed by atoms with Gasteiger partial charge in [-0.3, -0.25) is 19.1 Å². The molecule has 11 heteroatoms. The van der Waals surface area contributed by atoms with Gasteiger partial charge >= 0.3 is 5.76 Å². The van der Waals surface area contributed by atoms with E-state index in [0.717, 1.165) is 0 Å². The zero-order valence-corrected chi connectivity index (χ0v) is 16.1. The summed E-state index contributed by atoms with van der Waals surface area (Å²) in [6, 6.07) is 4.43. The maximum absolute atomic E-state index is 12.0. The van der Waals surface area contributed by atoms with Gasteiger partial charge in [0.25, 0.3) is 11.5 Å². The highest BCUT2D eigenvalue weighted by Crippen LogP contribution is 2.39. The van der Waals surface area contributed by atoms with Crippen LogP contribution in [-0.2, 0) is 0 Å². The Morgan fingerprint density at radius 3 is 2.46 bits per heavy atom. The van der Waals surface area contributed by atoms with Gasteiger partial charge in [-0.15, -0.1) is 0 Å². The molecule has 0 fully saturated rings. The number of nitrogens with zero attached hydrogens (tertiary/aromatic N) is 1. The van der Waals surface area contributed by atoms with Gasteiger partial charge in [0.2, 0.25) is 5.82 Å². The first kappa shape index (κ1) is 19.7. The van der Waals surface area contributed by atoms with Crippen molar-refractivity contribution in [3.8, 4) is 11.5 Å². The fourth-order valence-electron chi connectivity index (χ4n) is 2.33. The van der Waals surface area contributed by atoms with E-state index in [2.05, 4.69) is 25.0 Å². The Labute approximate surface area is 167 Å². The summed E-state index contributed by atoms with van der Waals surface area (Å²) < 4.78 is 9.98. The van der Waals surface area contributed by atoms with Crippen molar-refractivity contribution in [3.63, 3.8) is 0 Å². The number of aromatic nitrogens is 3. The van der Waals surface area contributed by atoms with Crippen LogP contribution in [0.2, 0.25) is 10.0 Å². The van der Waals surface area contributed by atoms with E-state index in [1.807, 2.05) is 13.8 Å². The number of rotatable bonds is 5. The molecular formula is C17H14Cl2N4O5. The minimum atomic E-state index is -0.855. The van der Waals surface area contributed by atoms with Crippen molar-refractivity contribution >= 4 is 34.8 Å². The molecule has 0 aliphatic rings. The third-order valence-electron chi connectivity index (χ3n) is 3.66. The molecular weight excluding hydrogens is 411 g/mol.